The lowest BCUT2D eigenvalue weighted by molar-refractivity contribution is 1.03. The van der Waals surface area contributed by atoms with Gasteiger partial charge in [-0.15, -0.1) is 0 Å². The van der Waals surface area contributed by atoms with Crippen molar-refractivity contribution >= 4 is 12.2 Å². The van der Waals surface area contributed by atoms with Crippen molar-refractivity contribution in [2.75, 3.05) is 0 Å². The zero-order valence-corrected chi connectivity index (χ0v) is 8.64. The summed E-state index contributed by atoms with van der Waals surface area (Å²) in [5, 5.41) is 10.6. The first-order valence-corrected chi connectivity index (χ1v) is 4.86. The number of hydrogen-bond acceptors (Lipinski definition) is 3. The van der Waals surface area contributed by atoms with Crippen LogP contribution in [0, 0.1) is 11.5 Å². The Labute approximate surface area is 93.3 Å². The number of rotatable bonds is 2. The summed E-state index contributed by atoms with van der Waals surface area (Å²) in [6.45, 7) is 1.22. The van der Waals surface area contributed by atoms with Crippen molar-refractivity contribution in [2.24, 2.45) is 15.7 Å². The summed E-state index contributed by atoms with van der Waals surface area (Å²) in [7, 11) is 0. The van der Waals surface area contributed by atoms with Crippen molar-refractivity contribution < 1.29 is 0 Å². The number of aliphatic imine (C=N–C) groups is 2. The smallest absolute Gasteiger partial charge is 0.202 e. The Hall–Kier alpha value is -2.35. The first kappa shape index (κ1) is 10.2. The van der Waals surface area contributed by atoms with Crippen molar-refractivity contribution in [2.45, 2.75) is 13.1 Å². The molecule has 0 saturated heterocycles. The molecule has 5 nitrogen and oxygen atoms in total. The summed E-state index contributed by atoms with van der Waals surface area (Å²) < 4.78 is 0. The van der Waals surface area contributed by atoms with Gasteiger partial charge in [-0.3, -0.25) is 10.3 Å². The Morgan fingerprint density at radius 2 is 2.50 bits per heavy atom. The molecule has 1 aliphatic rings. The van der Waals surface area contributed by atoms with E-state index >= 15 is 0 Å². The average Bonchev–Trinajstić information content (AvgIpc) is 2.74. The maximum absolute atomic E-state index is 8.32. The van der Waals surface area contributed by atoms with Crippen molar-refractivity contribution in [3.8, 4) is 6.19 Å². The maximum Gasteiger partial charge on any atom is 0.202 e. The van der Waals surface area contributed by atoms with Crippen molar-refractivity contribution in [1.29, 1.82) is 5.26 Å². The molecule has 2 rings (SSSR count). The average molecular weight is 213 g/mol. The molecule has 0 bridgehead atoms. The van der Waals surface area contributed by atoms with Crippen LogP contribution < -0.4 is 11.1 Å². The predicted octanol–water partition coefficient (Wildman–Crippen LogP) is 0.504. The minimum Gasteiger partial charge on any atom is -0.369 e. The van der Waals surface area contributed by atoms with Crippen molar-refractivity contribution in [3.63, 3.8) is 0 Å². The quantitative estimate of drug-likeness (QED) is 0.324. The molecule has 3 N–H and O–H groups in total. The van der Waals surface area contributed by atoms with Gasteiger partial charge in [0.15, 0.2) is 6.19 Å². The molecular weight excluding hydrogens is 202 g/mol. The van der Waals surface area contributed by atoms with Gasteiger partial charge in [-0.2, -0.15) is 5.26 Å². The number of nitrogens with zero attached hydrogens (tertiary/aromatic N) is 3. The van der Waals surface area contributed by atoms with E-state index in [2.05, 4.69) is 15.3 Å². The monoisotopic (exact) mass is 213 g/mol. The van der Waals surface area contributed by atoms with E-state index in [1.54, 1.807) is 6.19 Å². The summed E-state index contributed by atoms with van der Waals surface area (Å²) in [5.74, 6) is 0.136. The van der Waals surface area contributed by atoms with Crippen LogP contribution in [0.4, 0.5) is 0 Å². The maximum atomic E-state index is 8.32. The molecular formula is C11H11N5. The van der Waals surface area contributed by atoms with Gasteiger partial charge >= 0.3 is 0 Å². The Bertz CT molecular complexity index is 496. The highest BCUT2D eigenvalue weighted by atomic mass is 15.1. The van der Waals surface area contributed by atoms with E-state index in [-0.39, 0.29) is 5.96 Å². The van der Waals surface area contributed by atoms with Gasteiger partial charge in [0.1, 0.15) is 0 Å². The molecule has 0 amide bonds. The fourth-order valence-corrected chi connectivity index (χ4v) is 1.52. The van der Waals surface area contributed by atoms with Crippen LogP contribution in [0.2, 0.25) is 0 Å². The number of nitrogens with one attached hydrogen (secondary N) is 1. The SMILES string of the molecule is N#CNC(N)=NCc1ccc2c(c1)C=NC2. The summed E-state index contributed by atoms with van der Waals surface area (Å²) in [4.78, 5) is 8.20. The minimum absolute atomic E-state index is 0.136. The largest absolute Gasteiger partial charge is 0.369 e. The van der Waals surface area contributed by atoms with Gasteiger partial charge in [-0.1, -0.05) is 12.1 Å². The molecule has 1 aromatic carbocycles. The molecule has 16 heavy (non-hydrogen) atoms. The van der Waals surface area contributed by atoms with Crippen LogP contribution in [0.5, 0.6) is 0 Å². The van der Waals surface area contributed by atoms with Crippen LogP contribution in [0.25, 0.3) is 0 Å². The lowest BCUT2D eigenvalue weighted by Crippen LogP contribution is -2.27. The van der Waals surface area contributed by atoms with Crippen LogP contribution >= 0.6 is 0 Å². The lowest BCUT2D eigenvalue weighted by Gasteiger charge is -2.01. The van der Waals surface area contributed by atoms with E-state index in [1.807, 2.05) is 24.4 Å². The molecule has 5 heteroatoms. The molecule has 0 saturated carbocycles. The summed E-state index contributed by atoms with van der Waals surface area (Å²) in [5.41, 5.74) is 8.86. The third kappa shape index (κ3) is 2.17. The normalized spacial score (nSPS) is 13.3. The highest BCUT2D eigenvalue weighted by molar-refractivity contribution is 5.84. The van der Waals surface area contributed by atoms with Crippen LogP contribution in [-0.4, -0.2) is 12.2 Å². The topological polar surface area (TPSA) is 86.6 Å². The van der Waals surface area contributed by atoms with E-state index in [0.717, 1.165) is 17.7 Å². The molecule has 1 aromatic rings. The molecule has 0 fully saturated rings. The number of nitriles is 1. The highest BCUT2D eigenvalue weighted by Crippen LogP contribution is 2.16. The van der Waals surface area contributed by atoms with Crippen molar-refractivity contribution in [3.05, 3.63) is 34.9 Å². The fraction of sp³-hybridized carbons (Fsp3) is 0.182. The van der Waals surface area contributed by atoms with Crippen LogP contribution in [0.1, 0.15) is 16.7 Å². The zero-order valence-electron chi connectivity index (χ0n) is 8.64. The van der Waals surface area contributed by atoms with Gasteiger partial charge in [0.05, 0.1) is 13.1 Å². The summed E-state index contributed by atoms with van der Waals surface area (Å²) in [6.07, 6.45) is 3.58. The number of hydrogen-bond donors (Lipinski definition) is 2. The van der Waals surface area contributed by atoms with Crippen LogP contribution in [0.3, 0.4) is 0 Å². The summed E-state index contributed by atoms with van der Waals surface area (Å²) >= 11 is 0. The molecule has 80 valence electrons. The van der Waals surface area contributed by atoms with Gasteiger partial charge in [-0.25, -0.2) is 4.99 Å². The van der Waals surface area contributed by atoms with Gasteiger partial charge < -0.3 is 5.73 Å². The van der Waals surface area contributed by atoms with E-state index < -0.39 is 0 Å². The van der Waals surface area contributed by atoms with Crippen LogP contribution in [0.15, 0.2) is 28.2 Å². The van der Waals surface area contributed by atoms with Crippen LogP contribution in [-0.2, 0) is 13.1 Å². The Kier molecular flexibility index (Phi) is 2.83. The number of fused-ring (bicyclic) bond motifs is 1. The fourth-order valence-electron chi connectivity index (χ4n) is 1.52. The Morgan fingerprint density at radius 1 is 1.62 bits per heavy atom. The standard InChI is InChI=1S/C11H11N5/c12-7-16-11(13)15-4-8-1-2-9-5-14-6-10(9)3-8/h1-3,6H,4-5H2,(H3,13,15,16). The molecule has 0 radical (unpaired) electrons. The van der Waals surface area contributed by atoms with E-state index in [0.29, 0.717) is 6.54 Å². The summed E-state index contributed by atoms with van der Waals surface area (Å²) in [6, 6.07) is 6.08. The number of benzene rings is 1. The number of guanidine groups is 1. The molecule has 0 aromatic heterocycles. The molecule has 1 aliphatic heterocycles. The predicted molar refractivity (Wildman–Crippen MR) is 61.8 cm³/mol. The molecule has 0 spiro atoms. The first-order valence-electron chi connectivity index (χ1n) is 4.86. The zero-order chi connectivity index (χ0) is 11.4. The van der Waals surface area contributed by atoms with Gasteiger partial charge in [-0.05, 0) is 22.8 Å². The second-order valence-electron chi connectivity index (χ2n) is 3.44. The second-order valence-corrected chi connectivity index (χ2v) is 3.44. The third-order valence-electron chi connectivity index (χ3n) is 2.32. The lowest BCUT2D eigenvalue weighted by atomic mass is 10.1. The molecule has 0 aliphatic carbocycles. The van der Waals surface area contributed by atoms with Gasteiger partial charge in [0.2, 0.25) is 5.96 Å². The minimum atomic E-state index is 0.136. The Morgan fingerprint density at radius 3 is 3.31 bits per heavy atom. The third-order valence-corrected chi connectivity index (χ3v) is 2.32. The second kappa shape index (κ2) is 4.45. The molecule has 0 atom stereocenters. The number of nitrogens with two attached hydrogens (primary N) is 1. The molecule has 1 heterocycles. The van der Waals surface area contributed by atoms with E-state index in [9.17, 15) is 0 Å². The van der Waals surface area contributed by atoms with E-state index in [1.165, 1.54) is 5.56 Å². The van der Waals surface area contributed by atoms with Gasteiger partial charge in [0, 0.05) is 6.21 Å². The highest BCUT2D eigenvalue weighted by Gasteiger charge is 2.05. The van der Waals surface area contributed by atoms with E-state index in [4.69, 9.17) is 11.0 Å². The van der Waals surface area contributed by atoms with Crippen molar-refractivity contribution in [1.82, 2.24) is 5.32 Å². The molecule has 0 unspecified atom stereocenters. The first-order chi connectivity index (χ1) is 7.79. The Balaban J connectivity index is 2.09. The van der Waals surface area contributed by atoms with Gasteiger partial charge in [0.25, 0.3) is 0 Å².